The van der Waals surface area contributed by atoms with Crippen LogP contribution in [0, 0.1) is 0 Å². The smallest absolute Gasteiger partial charge is 0.187 e. The molecule has 132 valence electrons. The number of pyridine rings is 1. The first kappa shape index (κ1) is 17.8. The van der Waals surface area contributed by atoms with Crippen molar-refractivity contribution in [2.24, 2.45) is 5.10 Å². The Morgan fingerprint density at radius 3 is 2.58 bits per heavy atom. The number of rotatable bonds is 5. The second-order valence-electron chi connectivity index (χ2n) is 5.95. The van der Waals surface area contributed by atoms with Crippen molar-refractivity contribution in [1.82, 2.24) is 25.5 Å². The van der Waals surface area contributed by atoms with Crippen molar-refractivity contribution in [2.75, 3.05) is 0 Å². The van der Waals surface area contributed by atoms with Crippen molar-refractivity contribution in [3.8, 4) is 16.9 Å². The van der Waals surface area contributed by atoms with Gasteiger partial charge in [0.05, 0.1) is 11.9 Å². The fraction of sp³-hybridized carbons (Fsp3) is 0.158. The molecule has 0 atom stereocenters. The lowest BCUT2D eigenvalue weighted by Crippen LogP contribution is -2.36. The van der Waals surface area contributed by atoms with Gasteiger partial charge in [-0.25, -0.2) is 4.68 Å². The summed E-state index contributed by atoms with van der Waals surface area (Å²) >= 11 is 5.19. The number of hydrogen-bond acceptors (Lipinski definition) is 4. The summed E-state index contributed by atoms with van der Waals surface area (Å²) in [6.07, 6.45) is 7.15. The van der Waals surface area contributed by atoms with E-state index in [4.69, 9.17) is 17.3 Å². The standard InChI is InChI=1S/C19H20N6S/c1-14(2)22-19(26)23-21-12-16-13-25(17-6-4-3-5-7-17)24-18(16)15-8-10-20-11-9-15/h3-14H,1-2H3,(H2,22,23,26)/b21-12-. The van der Waals surface area contributed by atoms with Gasteiger partial charge in [0.1, 0.15) is 5.69 Å². The molecule has 0 saturated carbocycles. The Kier molecular flexibility index (Phi) is 5.70. The van der Waals surface area contributed by atoms with Gasteiger partial charge in [-0.15, -0.1) is 0 Å². The first-order valence-corrected chi connectivity index (χ1v) is 8.69. The molecule has 3 aromatic rings. The maximum absolute atomic E-state index is 5.19. The zero-order chi connectivity index (χ0) is 18.4. The summed E-state index contributed by atoms with van der Waals surface area (Å²) in [5.41, 5.74) is 6.48. The van der Waals surface area contributed by atoms with Gasteiger partial charge in [-0.1, -0.05) is 18.2 Å². The zero-order valence-electron chi connectivity index (χ0n) is 14.6. The van der Waals surface area contributed by atoms with E-state index in [0.29, 0.717) is 5.11 Å². The van der Waals surface area contributed by atoms with Crippen molar-refractivity contribution in [3.05, 3.63) is 66.6 Å². The highest BCUT2D eigenvalue weighted by molar-refractivity contribution is 7.80. The highest BCUT2D eigenvalue weighted by atomic mass is 32.1. The van der Waals surface area contributed by atoms with Crippen LogP contribution in [0.4, 0.5) is 0 Å². The molecule has 26 heavy (non-hydrogen) atoms. The normalized spacial score (nSPS) is 11.0. The van der Waals surface area contributed by atoms with E-state index < -0.39 is 0 Å². The first-order chi connectivity index (χ1) is 12.6. The Bertz CT molecular complexity index is 887. The van der Waals surface area contributed by atoms with Gasteiger partial charge in [0.25, 0.3) is 0 Å². The lowest BCUT2D eigenvalue weighted by Gasteiger charge is -2.09. The quantitative estimate of drug-likeness (QED) is 0.414. The average molecular weight is 364 g/mol. The number of hydrazone groups is 1. The Morgan fingerprint density at radius 2 is 1.88 bits per heavy atom. The summed E-state index contributed by atoms with van der Waals surface area (Å²) in [7, 11) is 0. The summed E-state index contributed by atoms with van der Waals surface area (Å²) in [6, 6.07) is 14.0. The van der Waals surface area contributed by atoms with Crippen LogP contribution in [-0.2, 0) is 0 Å². The zero-order valence-corrected chi connectivity index (χ0v) is 15.4. The van der Waals surface area contributed by atoms with Crippen molar-refractivity contribution < 1.29 is 0 Å². The van der Waals surface area contributed by atoms with Crippen LogP contribution in [-0.4, -0.2) is 32.1 Å². The van der Waals surface area contributed by atoms with Gasteiger partial charge in [0.15, 0.2) is 5.11 Å². The monoisotopic (exact) mass is 364 g/mol. The number of hydrogen-bond donors (Lipinski definition) is 2. The first-order valence-electron chi connectivity index (χ1n) is 8.28. The molecule has 0 spiro atoms. The Morgan fingerprint density at radius 1 is 1.15 bits per heavy atom. The molecule has 2 aromatic heterocycles. The van der Waals surface area contributed by atoms with Crippen LogP contribution in [0.15, 0.2) is 66.2 Å². The van der Waals surface area contributed by atoms with Gasteiger partial charge in [-0.3, -0.25) is 10.4 Å². The summed E-state index contributed by atoms with van der Waals surface area (Å²) in [6.45, 7) is 4.03. The largest absolute Gasteiger partial charge is 0.359 e. The fourth-order valence-electron chi connectivity index (χ4n) is 2.38. The molecule has 6 nitrogen and oxygen atoms in total. The molecule has 0 aliphatic heterocycles. The molecule has 0 aliphatic carbocycles. The third-order valence-corrected chi connectivity index (χ3v) is 3.72. The van der Waals surface area contributed by atoms with Gasteiger partial charge < -0.3 is 5.32 Å². The highest BCUT2D eigenvalue weighted by Crippen LogP contribution is 2.21. The molecule has 0 amide bonds. The second kappa shape index (κ2) is 8.35. The molecule has 0 fully saturated rings. The predicted molar refractivity (Wildman–Crippen MR) is 108 cm³/mol. The Labute approximate surface area is 158 Å². The van der Waals surface area contributed by atoms with E-state index in [1.807, 2.05) is 67.2 Å². The van der Waals surface area contributed by atoms with Gasteiger partial charge in [0.2, 0.25) is 0 Å². The fourth-order valence-corrected chi connectivity index (χ4v) is 2.67. The minimum Gasteiger partial charge on any atom is -0.359 e. The van der Waals surface area contributed by atoms with Crippen molar-refractivity contribution in [1.29, 1.82) is 0 Å². The van der Waals surface area contributed by atoms with Crippen LogP contribution in [0.25, 0.3) is 16.9 Å². The van der Waals surface area contributed by atoms with Crippen LogP contribution in [0.5, 0.6) is 0 Å². The Hall–Kier alpha value is -3.06. The molecule has 0 unspecified atom stereocenters. The molecule has 2 heterocycles. The van der Waals surface area contributed by atoms with Gasteiger partial charge in [-0.2, -0.15) is 10.2 Å². The molecule has 0 saturated heterocycles. The topological polar surface area (TPSA) is 67.1 Å². The van der Waals surface area contributed by atoms with Crippen molar-refractivity contribution in [3.63, 3.8) is 0 Å². The molecule has 1 aromatic carbocycles. The molecular weight excluding hydrogens is 344 g/mol. The summed E-state index contributed by atoms with van der Waals surface area (Å²) in [5, 5.41) is 12.5. The molecule has 0 aliphatic rings. The minimum atomic E-state index is 0.249. The molecule has 2 N–H and O–H groups in total. The van der Waals surface area contributed by atoms with E-state index in [1.165, 1.54) is 0 Å². The van der Waals surface area contributed by atoms with Crippen molar-refractivity contribution in [2.45, 2.75) is 19.9 Å². The summed E-state index contributed by atoms with van der Waals surface area (Å²) in [5.74, 6) is 0. The lowest BCUT2D eigenvalue weighted by molar-refractivity contribution is 0.720. The van der Waals surface area contributed by atoms with Crippen LogP contribution >= 0.6 is 12.2 Å². The van der Waals surface area contributed by atoms with Crippen LogP contribution in [0.2, 0.25) is 0 Å². The minimum absolute atomic E-state index is 0.249. The number of thiocarbonyl (C=S) groups is 1. The van der Waals surface area contributed by atoms with E-state index in [1.54, 1.807) is 18.6 Å². The third kappa shape index (κ3) is 4.52. The van der Waals surface area contributed by atoms with Crippen LogP contribution in [0.3, 0.4) is 0 Å². The Balaban J connectivity index is 1.90. The summed E-state index contributed by atoms with van der Waals surface area (Å²) < 4.78 is 1.84. The molecule has 0 bridgehead atoms. The molecule has 0 radical (unpaired) electrons. The molecular formula is C19H20N6S. The highest BCUT2D eigenvalue weighted by Gasteiger charge is 2.11. The van der Waals surface area contributed by atoms with E-state index in [-0.39, 0.29) is 6.04 Å². The van der Waals surface area contributed by atoms with E-state index in [9.17, 15) is 0 Å². The maximum atomic E-state index is 5.19. The third-order valence-electron chi connectivity index (χ3n) is 3.51. The molecule has 3 rings (SSSR count). The van der Waals surface area contributed by atoms with Crippen molar-refractivity contribution >= 4 is 23.5 Å². The number of nitrogens with zero attached hydrogens (tertiary/aromatic N) is 4. The van der Waals surface area contributed by atoms with Gasteiger partial charge in [0, 0.05) is 35.8 Å². The van der Waals surface area contributed by atoms with Crippen LogP contribution < -0.4 is 10.7 Å². The van der Waals surface area contributed by atoms with E-state index in [2.05, 4.69) is 20.8 Å². The number of para-hydroxylation sites is 1. The average Bonchev–Trinajstić information content (AvgIpc) is 3.07. The van der Waals surface area contributed by atoms with Gasteiger partial charge >= 0.3 is 0 Å². The second-order valence-corrected chi connectivity index (χ2v) is 6.36. The van der Waals surface area contributed by atoms with Gasteiger partial charge in [-0.05, 0) is 50.3 Å². The van der Waals surface area contributed by atoms with E-state index in [0.717, 1.165) is 22.5 Å². The SMILES string of the molecule is CC(C)NC(=S)N/N=C\c1cn(-c2ccccc2)nc1-c1ccncc1. The maximum Gasteiger partial charge on any atom is 0.187 e. The number of benzene rings is 1. The lowest BCUT2D eigenvalue weighted by atomic mass is 10.1. The summed E-state index contributed by atoms with van der Waals surface area (Å²) in [4.78, 5) is 4.07. The molecule has 7 heteroatoms. The predicted octanol–water partition coefficient (Wildman–Crippen LogP) is 3.14. The van der Waals surface area contributed by atoms with Crippen LogP contribution in [0.1, 0.15) is 19.4 Å². The number of nitrogens with one attached hydrogen (secondary N) is 2. The number of aromatic nitrogens is 3. The van der Waals surface area contributed by atoms with E-state index >= 15 is 0 Å².